The maximum Gasteiger partial charge on any atom is 0.573 e. The van der Waals surface area contributed by atoms with Gasteiger partial charge >= 0.3 is 12.3 Å². The molecule has 0 saturated carbocycles. The van der Waals surface area contributed by atoms with Crippen LogP contribution in [0.15, 0.2) is 54.6 Å². The molecule has 0 saturated heterocycles. The number of halogens is 3. The molecule has 3 N–H and O–H groups in total. The van der Waals surface area contributed by atoms with E-state index in [2.05, 4.69) is 25.3 Å². The summed E-state index contributed by atoms with van der Waals surface area (Å²) in [6, 6.07) is 15.2. The van der Waals surface area contributed by atoms with Crippen molar-refractivity contribution in [3.63, 3.8) is 0 Å². The van der Waals surface area contributed by atoms with Crippen molar-refractivity contribution in [3.8, 4) is 23.1 Å². The number of anilines is 3. The number of carbonyl (C=O) groups is 1. The van der Waals surface area contributed by atoms with Crippen LogP contribution in [0.4, 0.5) is 30.6 Å². The number of ether oxygens (including phenoxy) is 1. The molecule has 0 atom stereocenters. The van der Waals surface area contributed by atoms with Crippen molar-refractivity contribution >= 4 is 23.4 Å². The van der Waals surface area contributed by atoms with E-state index in [1.165, 1.54) is 18.2 Å². The standard InChI is InChI=1S/C20H14F3N5O3/c21-20(22,23)31-14-6-3-5-12(8-14)16-9-17(28-19(27-16)25-11-18(29)30)26-15-7-2-1-4-13(15)10-24/h1-9H,11H2,(H,29,30)(H2,25,26,27,28). The van der Waals surface area contributed by atoms with Gasteiger partial charge in [0.2, 0.25) is 5.95 Å². The van der Waals surface area contributed by atoms with E-state index >= 15 is 0 Å². The molecule has 0 amide bonds. The highest BCUT2D eigenvalue weighted by atomic mass is 19.4. The van der Waals surface area contributed by atoms with Crippen LogP contribution in [-0.2, 0) is 4.79 Å². The summed E-state index contributed by atoms with van der Waals surface area (Å²) < 4.78 is 41.6. The smallest absolute Gasteiger partial charge is 0.480 e. The average Bonchev–Trinajstić information content (AvgIpc) is 2.71. The molecule has 0 radical (unpaired) electrons. The molecule has 1 heterocycles. The van der Waals surface area contributed by atoms with Gasteiger partial charge in [-0.1, -0.05) is 24.3 Å². The zero-order chi connectivity index (χ0) is 22.4. The van der Waals surface area contributed by atoms with E-state index in [4.69, 9.17) is 5.11 Å². The molecule has 11 heteroatoms. The Kier molecular flexibility index (Phi) is 6.21. The van der Waals surface area contributed by atoms with E-state index in [0.29, 0.717) is 11.3 Å². The minimum Gasteiger partial charge on any atom is -0.480 e. The van der Waals surface area contributed by atoms with Gasteiger partial charge in [-0.15, -0.1) is 13.2 Å². The highest BCUT2D eigenvalue weighted by Gasteiger charge is 2.31. The molecule has 0 unspecified atom stereocenters. The molecular formula is C20H14F3N5O3. The topological polar surface area (TPSA) is 120 Å². The summed E-state index contributed by atoms with van der Waals surface area (Å²) >= 11 is 0. The summed E-state index contributed by atoms with van der Waals surface area (Å²) in [5.74, 6) is -1.46. The van der Waals surface area contributed by atoms with E-state index < -0.39 is 24.6 Å². The van der Waals surface area contributed by atoms with E-state index in [1.807, 2.05) is 6.07 Å². The van der Waals surface area contributed by atoms with E-state index in [1.54, 1.807) is 24.3 Å². The number of hydrogen-bond donors (Lipinski definition) is 3. The second-order valence-corrected chi connectivity index (χ2v) is 6.07. The lowest BCUT2D eigenvalue weighted by Gasteiger charge is -2.13. The van der Waals surface area contributed by atoms with Gasteiger partial charge in [0.15, 0.2) is 0 Å². The van der Waals surface area contributed by atoms with E-state index in [9.17, 15) is 23.2 Å². The van der Waals surface area contributed by atoms with Gasteiger partial charge in [0, 0.05) is 11.6 Å². The first-order chi connectivity index (χ1) is 14.7. The molecule has 0 fully saturated rings. The summed E-state index contributed by atoms with van der Waals surface area (Å²) in [6.07, 6.45) is -4.85. The normalized spacial score (nSPS) is 10.8. The largest absolute Gasteiger partial charge is 0.573 e. The van der Waals surface area contributed by atoms with Crippen LogP contribution in [-0.4, -0.2) is 34.0 Å². The van der Waals surface area contributed by atoms with Crippen LogP contribution in [0, 0.1) is 11.3 Å². The first-order valence-electron chi connectivity index (χ1n) is 8.70. The van der Waals surface area contributed by atoms with Gasteiger partial charge in [-0.3, -0.25) is 4.79 Å². The van der Waals surface area contributed by atoms with Crippen molar-refractivity contribution in [2.24, 2.45) is 0 Å². The zero-order valence-electron chi connectivity index (χ0n) is 15.6. The van der Waals surface area contributed by atoms with Gasteiger partial charge in [-0.25, -0.2) is 4.98 Å². The van der Waals surface area contributed by atoms with Crippen molar-refractivity contribution in [1.82, 2.24) is 9.97 Å². The van der Waals surface area contributed by atoms with Crippen molar-refractivity contribution in [2.45, 2.75) is 6.36 Å². The van der Waals surface area contributed by atoms with Crippen molar-refractivity contribution in [2.75, 3.05) is 17.2 Å². The number of aromatic nitrogens is 2. The van der Waals surface area contributed by atoms with Gasteiger partial charge < -0.3 is 20.5 Å². The van der Waals surface area contributed by atoms with E-state index in [-0.39, 0.29) is 23.0 Å². The van der Waals surface area contributed by atoms with Gasteiger partial charge in [-0.2, -0.15) is 10.2 Å². The Morgan fingerprint density at radius 2 is 1.90 bits per heavy atom. The molecule has 158 valence electrons. The van der Waals surface area contributed by atoms with Crippen LogP contribution in [0.25, 0.3) is 11.3 Å². The average molecular weight is 429 g/mol. The number of para-hydroxylation sites is 1. The number of rotatable bonds is 7. The summed E-state index contributed by atoms with van der Waals surface area (Å²) in [5.41, 5.74) is 1.25. The van der Waals surface area contributed by atoms with Crippen LogP contribution >= 0.6 is 0 Å². The molecule has 31 heavy (non-hydrogen) atoms. The molecule has 3 aromatic rings. The van der Waals surface area contributed by atoms with Crippen LogP contribution in [0.5, 0.6) is 5.75 Å². The number of nitrogens with one attached hydrogen (secondary N) is 2. The zero-order valence-corrected chi connectivity index (χ0v) is 15.6. The minimum absolute atomic E-state index is 0.0704. The van der Waals surface area contributed by atoms with Gasteiger partial charge in [-0.05, 0) is 24.3 Å². The third kappa shape index (κ3) is 6.07. The molecule has 3 rings (SSSR count). The van der Waals surface area contributed by atoms with Crippen molar-refractivity contribution in [1.29, 1.82) is 5.26 Å². The lowest BCUT2D eigenvalue weighted by Crippen LogP contribution is -2.17. The molecular weight excluding hydrogens is 415 g/mol. The quantitative estimate of drug-likeness (QED) is 0.512. The predicted molar refractivity (Wildman–Crippen MR) is 105 cm³/mol. The number of carboxylic acids is 1. The second-order valence-electron chi connectivity index (χ2n) is 6.07. The maximum absolute atomic E-state index is 12.5. The number of alkyl halides is 3. The molecule has 0 spiro atoms. The number of carboxylic acid groups (broad SMARTS) is 1. The fourth-order valence-electron chi connectivity index (χ4n) is 2.57. The van der Waals surface area contributed by atoms with E-state index in [0.717, 1.165) is 12.1 Å². The first kappa shape index (κ1) is 21.4. The Bertz CT molecular complexity index is 1150. The second kappa shape index (κ2) is 9.00. The molecule has 8 nitrogen and oxygen atoms in total. The molecule has 0 aliphatic rings. The Morgan fingerprint density at radius 3 is 2.61 bits per heavy atom. The van der Waals surface area contributed by atoms with Crippen LogP contribution in [0.3, 0.4) is 0 Å². The van der Waals surface area contributed by atoms with Crippen LogP contribution in [0.2, 0.25) is 0 Å². The van der Waals surface area contributed by atoms with Gasteiger partial charge in [0.05, 0.1) is 16.9 Å². The molecule has 0 bridgehead atoms. The SMILES string of the molecule is N#Cc1ccccc1Nc1cc(-c2cccc(OC(F)(F)F)c2)nc(NCC(=O)O)n1. The summed E-state index contributed by atoms with van der Waals surface area (Å²) in [6.45, 7) is -0.477. The Morgan fingerprint density at radius 1 is 1.13 bits per heavy atom. The number of aliphatic carboxylic acids is 1. The lowest BCUT2D eigenvalue weighted by molar-refractivity contribution is -0.274. The molecule has 1 aromatic heterocycles. The lowest BCUT2D eigenvalue weighted by atomic mass is 10.1. The molecule has 0 aliphatic heterocycles. The minimum atomic E-state index is -4.85. The third-order valence-electron chi connectivity index (χ3n) is 3.80. The highest BCUT2D eigenvalue weighted by molar-refractivity contribution is 5.73. The van der Waals surface area contributed by atoms with Crippen LogP contribution in [0.1, 0.15) is 5.56 Å². The van der Waals surface area contributed by atoms with Crippen LogP contribution < -0.4 is 15.4 Å². The fourth-order valence-corrected chi connectivity index (χ4v) is 2.57. The number of nitrogens with zero attached hydrogens (tertiary/aromatic N) is 3. The number of hydrogen-bond acceptors (Lipinski definition) is 7. The Labute approximate surface area is 174 Å². The number of benzene rings is 2. The Hall–Kier alpha value is -4.33. The van der Waals surface area contributed by atoms with Crippen molar-refractivity contribution in [3.05, 3.63) is 60.2 Å². The third-order valence-corrected chi connectivity index (χ3v) is 3.80. The first-order valence-corrected chi connectivity index (χ1v) is 8.70. The van der Waals surface area contributed by atoms with Gasteiger partial charge in [0.25, 0.3) is 0 Å². The number of nitriles is 1. The predicted octanol–water partition coefficient (Wildman–Crippen LogP) is 4.15. The van der Waals surface area contributed by atoms with Gasteiger partial charge in [0.1, 0.15) is 24.2 Å². The highest BCUT2D eigenvalue weighted by Crippen LogP contribution is 2.29. The molecule has 0 aliphatic carbocycles. The Balaban J connectivity index is 2.00. The summed E-state index contributed by atoms with van der Waals surface area (Å²) in [7, 11) is 0. The van der Waals surface area contributed by atoms with Crippen molar-refractivity contribution < 1.29 is 27.8 Å². The fraction of sp³-hybridized carbons (Fsp3) is 0.100. The monoisotopic (exact) mass is 429 g/mol. The summed E-state index contributed by atoms with van der Waals surface area (Å²) in [4.78, 5) is 19.2. The summed E-state index contributed by atoms with van der Waals surface area (Å²) in [5, 5.41) is 23.6. The molecule has 2 aromatic carbocycles. The maximum atomic E-state index is 12.5.